The van der Waals surface area contributed by atoms with Gasteiger partial charge in [-0.25, -0.2) is 4.79 Å². The van der Waals surface area contributed by atoms with Gasteiger partial charge in [-0.3, -0.25) is 4.90 Å². The molecule has 0 spiro atoms. The predicted molar refractivity (Wildman–Crippen MR) is 77.9 cm³/mol. The van der Waals surface area contributed by atoms with E-state index in [1.165, 1.54) is 0 Å². The highest BCUT2D eigenvalue weighted by Crippen LogP contribution is 2.21. The van der Waals surface area contributed by atoms with E-state index in [0.717, 1.165) is 4.90 Å². The molecule has 4 atom stereocenters. The van der Waals surface area contributed by atoms with Crippen LogP contribution < -0.4 is 0 Å². The summed E-state index contributed by atoms with van der Waals surface area (Å²) in [6.07, 6.45) is -5.39. The van der Waals surface area contributed by atoms with E-state index in [4.69, 9.17) is 16.3 Å². The van der Waals surface area contributed by atoms with Gasteiger partial charge in [0.25, 0.3) is 0 Å². The van der Waals surface area contributed by atoms with Crippen LogP contribution in [0.2, 0.25) is 0 Å². The lowest BCUT2D eigenvalue weighted by Crippen LogP contribution is -2.62. The number of ether oxygens (including phenoxy) is 1. The zero-order valence-electron chi connectivity index (χ0n) is 12.5. The highest BCUT2D eigenvalue weighted by atomic mass is 35.5. The Morgan fingerprint density at radius 2 is 2.00 bits per heavy atom. The molecule has 0 bridgehead atoms. The number of alkyl halides is 1. The lowest BCUT2D eigenvalue weighted by molar-refractivity contribution is -0.221. The summed E-state index contributed by atoms with van der Waals surface area (Å²) in [4.78, 5) is 24.3. The van der Waals surface area contributed by atoms with Crippen LogP contribution in [-0.2, 0) is 4.74 Å². The molecule has 22 heavy (non-hydrogen) atoms. The topological polar surface area (TPSA) is 123 Å². The summed E-state index contributed by atoms with van der Waals surface area (Å²) in [6, 6.07) is -0.781. The third kappa shape index (κ3) is 4.50. The molecule has 0 radical (unpaired) electrons. The number of halogens is 1. The van der Waals surface area contributed by atoms with Crippen molar-refractivity contribution in [3.8, 4) is 0 Å². The predicted octanol–water partition coefficient (Wildman–Crippen LogP) is -0.274. The molecule has 128 valence electrons. The SMILES string of the molecule is CC(C)CN(C(=O)N(CCCl)N=O)[C@@H]1OC[C@@H](O)[C@@H](O)[C@@H]1O. The van der Waals surface area contributed by atoms with Crippen molar-refractivity contribution >= 4 is 17.6 Å². The molecular weight excluding hydrogens is 318 g/mol. The third-order valence-electron chi connectivity index (χ3n) is 3.20. The van der Waals surface area contributed by atoms with E-state index in [9.17, 15) is 25.0 Å². The van der Waals surface area contributed by atoms with Crippen LogP contribution >= 0.6 is 11.6 Å². The largest absolute Gasteiger partial charge is 0.388 e. The fourth-order valence-electron chi connectivity index (χ4n) is 2.15. The third-order valence-corrected chi connectivity index (χ3v) is 3.37. The van der Waals surface area contributed by atoms with Crippen molar-refractivity contribution in [2.75, 3.05) is 25.6 Å². The van der Waals surface area contributed by atoms with Gasteiger partial charge in [-0.15, -0.1) is 16.5 Å². The minimum absolute atomic E-state index is 0.00764. The smallest absolute Gasteiger partial charge is 0.345 e. The van der Waals surface area contributed by atoms with Gasteiger partial charge in [-0.1, -0.05) is 13.8 Å². The second-order valence-corrected chi connectivity index (χ2v) is 5.87. The molecular formula is C12H22ClN3O6. The van der Waals surface area contributed by atoms with Gasteiger partial charge in [-0.05, 0) is 5.92 Å². The number of carbonyl (C=O) groups is 1. The average Bonchev–Trinajstić information content (AvgIpc) is 2.47. The Kier molecular flexibility index (Phi) is 7.43. The highest BCUT2D eigenvalue weighted by Gasteiger charge is 2.43. The minimum atomic E-state index is -1.50. The summed E-state index contributed by atoms with van der Waals surface area (Å²) in [7, 11) is 0. The lowest BCUT2D eigenvalue weighted by Gasteiger charge is -2.42. The zero-order valence-corrected chi connectivity index (χ0v) is 13.3. The van der Waals surface area contributed by atoms with Crippen molar-refractivity contribution in [3.63, 3.8) is 0 Å². The van der Waals surface area contributed by atoms with Gasteiger partial charge in [0.15, 0.2) is 6.23 Å². The van der Waals surface area contributed by atoms with Gasteiger partial charge in [0.05, 0.1) is 18.4 Å². The normalized spacial score (nSPS) is 28.5. The van der Waals surface area contributed by atoms with Crippen molar-refractivity contribution < 1.29 is 24.9 Å². The molecule has 0 aliphatic carbocycles. The molecule has 0 saturated carbocycles. The Bertz CT molecular complexity index is 386. The van der Waals surface area contributed by atoms with Crippen molar-refractivity contribution in [2.24, 2.45) is 11.2 Å². The van der Waals surface area contributed by atoms with Gasteiger partial charge in [0, 0.05) is 12.4 Å². The number of nitrogens with zero attached hydrogens (tertiary/aromatic N) is 3. The molecule has 1 fully saturated rings. The van der Waals surface area contributed by atoms with Crippen LogP contribution in [0.1, 0.15) is 13.8 Å². The van der Waals surface area contributed by atoms with Crippen LogP contribution in [0.4, 0.5) is 4.79 Å². The van der Waals surface area contributed by atoms with Gasteiger partial charge in [0.2, 0.25) is 0 Å². The molecule has 1 heterocycles. The summed E-state index contributed by atoms with van der Waals surface area (Å²) in [6.45, 7) is 3.50. The van der Waals surface area contributed by atoms with Crippen molar-refractivity contribution in [3.05, 3.63) is 4.91 Å². The van der Waals surface area contributed by atoms with Gasteiger partial charge in [-0.2, -0.15) is 5.01 Å². The summed E-state index contributed by atoms with van der Waals surface area (Å²) in [5.41, 5.74) is 0. The first kappa shape index (κ1) is 19.0. The molecule has 0 unspecified atom stereocenters. The maximum Gasteiger partial charge on any atom is 0.345 e. The summed E-state index contributed by atoms with van der Waals surface area (Å²) < 4.78 is 5.27. The number of aliphatic hydroxyl groups excluding tert-OH is 3. The van der Waals surface area contributed by atoms with Crippen LogP contribution in [-0.4, -0.2) is 81.4 Å². The molecule has 1 rings (SSSR count). The summed E-state index contributed by atoms with van der Waals surface area (Å²) in [5.74, 6) is 0.0239. The summed E-state index contributed by atoms with van der Waals surface area (Å²) >= 11 is 5.52. The Labute approximate surface area is 133 Å². The molecule has 10 heteroatoms. The molecule has 3 N–H and O–H groups in total. The van der Waals surface area contributed by atoms with E-state index in [1.54, 1.807) is 0 Å². The highest BCUT2D eigenvalue weighted by molar-refractivity contribution is 6.18. The number of aliphatic hydroxyl groups is 3. The van der Waals surface area contributed by atoms with Crippen molar-refractivity contribution in [1.29, 1.82) is 0 Å². The minimum Gasteiger partial charge on any atom is -0.388 e. The zero-order chi connectivity index (χ0) is 16.9. The standard InChI is InChI=1S/C12H22ClN3O6/c1-7(2)5-15(12(20)16(14-21)4-3-13)11-10(19)9(18)8(17)6-22-11/h7-11,17-19H,3-6H2,1-2H3/t8-,9-,10+,11-/m1/s1. The van der Waals surface area contributed by atoms with Crippen molar-refractivity contribution in [2.45, 2.75) is 38.4 Å². The first-order valence-corrected chi connectivity index (χ1v) is 7.50. The molecule has 9 nitrogen and oxygen atoms in total. The van der Waals surface area contributed by atoms with Crippen LogP contribution in [0.15, 0.2) is 5.29 Å². The van der Waals surface area contributed by atoms with Crippen LogP contribution in [0.3, 0.4) is 0 Å². The molecule has 0 aromatic heterocycles. The summed E-state index contributed by atoms with van der Waals surface area (Å²) in [5, 5.41) is 32.5. The molecule has 1 aliphatic rings. The van der Waals surface area contributed by atoms with Crippen LogP contribution in [0, 0.1) is 10.8 Å². The van der Waals surface area contributed by atoms with E-state index in [0.29, 0.717) is 5.01 Å². The van der Waals surface area contributed by atoms with E-state index in [2.05, 4.69) is 5.29 Å². The quantitative estimate of drug-likeness (QED) is 0.347. The van der Waals surface area contributed by atoms with Crippen molar-refractivity contribution in [1.82, 2.24) is 9.91 Å². The second kappa shape index (κ2) is 8.59. The first-order valence-electron chi connectivity index (χ1n) is 6.96. The second-order valence-electron chi connectivity index (χ2n) is 5.49. The van der Waals surface area contributed by atoms with Gasteiger partial charge < -0.3 is 20.1 Å². The fourth-order valence-corrected chi connectivity index (χ4v) is 2.31. The van der Waals surface area contributed by atoms with Gasteiger partial charge >= 0.3 is 6.03 Å². The maximum absolute atomic E-state index is 12.4. The maximum atomic E-state index is 12.4. The Morgan fingerprint density at radius 1 is 1.36 bits per heavy atom. The van der Waals surface area contributed by atoms with Crippen LogP contribution in [0.25, 0.3) is 0 Å². The Balaban J connectivity index is 2.96. The Morgan fingerprint density at radius 3 is 2.50 bits per heavy atom. The van der Waals surface area contributed by atoms with E-state index in [-0.39, 0.29) is 31.5 Å². The van der Waals surface area contributed by atoms with E-state index >= 15 is 0 Å². The first-order chi connectivity index (χ1) is 10.3. The molecule has 2 amide bonds. The monoisotopic (exact) mass is 339 g/mol. The fraction of sp³-hybridized carbons (Fsp3) is 0.917. The molecule has 0 aromatic rings. The van der Waals surface area contributed by atoms with E-state index in [1.807, 2.05) is 13.8 Å². The number of hydrogen-bond acceptors (Lipinski definition) is 7. The molecule has 1 aliphatic heterocycles. The number of hydrogen-bond donors (Lipinski definition) is 3. The number of amides is 2. The lowest BCUT2D eigenvalue weighted by atomic mass is 10.0. The van der Waals surface area contributed by atoms with E-state index < -0.39 is 30.6 Å². The molecule has 1 saturated heterocycles. The number of rotatable bonds is 6. The number of nitroso groups, excluding NO2 is 1. The molecule has 0 aromatic carbocycles. The number of urea groups is 1. The number of carbonyl (C=O) groups excluding carboxylic acids is 1. The van der Waals surface area contributed by atoms with Gasteiger partial charge in [0.1, 0.15) is 18.3 Å². The average molecular weight is 340 g/mol. The Hall–Kier alpha value is -1.00. The van der Waals surface area contributed by atoms with Crippen LogP contribution in [0.5, 0.6) is 0 Å².